The number of likely N-dealkylation sites (N-methyl/N-ethyl adjacent to an activating group) is 1. The molecule has 1 aromatic rings. The summed E-state index contributed by atoms with van der Waals surface area (Å²) in [6.07, 6.45) is 9.87. The summed E-state index contributed by atoms with van der Waals surface area (Å²) in [4.78, 5) is 30.5. The Bertz CT molecular complexity index is 690. The van der Waals surface area contributed by atoms with Crippen LogP contribution in [0.25, 0.3) is 0 Å². The van der Waals surface area contributed by atoms with Crippen LogP contribution in [0.15, 0.2) is 4.52 Å². The molecule has 1 heterocycles. The third-order valence-corrected chi connectivity index (χ3v) is 5.46. The molecule has 1 aliphatic carbocycles. The monoisotopic (exact) mass is 436 g/mol. The maximum absolute atomic E-state index is 12.5. The van der Waals surface area contributed by atoms with Gasteiger partial charge in [0.2, 0.25) is 11.8 Å². The third-order valence-electron chi connectivity index (χ3n) is 5.46. The predicted molar refractivity (Wildman–Crippen MR) is 118 cm³/mol. The van der Waals surface area contributed by atoms with E-state index in [2.05, 4.69) is 15.5 Å². The second kappa shape index (κ2) is 12.2. The quantitative estimate of drug-likeness (QED) is 0.527. The largest absolute Gasteiger partial charge is 0.460 e. The van der Waals surface area contributed by atoms with Crippen molar-refractivity contribution in [2.45, 2.75) is 96.6 Å². The van der Waals surface area contributed by atoms with Crippen LogP contribution in [0.5, 0.6) is 0 Å². The van der Waals surface area contributed by atoms with Crippen molar-refractivity contribution >= 4 is 11.9 Å². The molecule has 31 heavy (non-hydrogen) atoms. The number of carbonyl (C=O) groups excluding carboxylic acids is 2. The van der Waals surface area contributed by atoms with Gasteiger partial charge in [0.15, 0.2) is 5.82 Å². The van der Waals surface area contributed by atoms with Gasteiger partial charge in [0, 0.05) is 5.92 Å². The van der Waals surface area contributed by atoms with Crippen LogP contribution in [0, 0.1) is 5.92 Å². The summed E-state index contributed by atoms with van der Waals surface area (Å²) in [6, 6.07) is 0. The Morgan fingerprint density at radius 3 is 2.58 bits per heavy atom. The Morgan fingerprint density at radius 2 is 1.94 bits per heavy atom. The zero-order chi connectivity index (χ0) is 22.9. The molecule has 0 spiro atoms. The van der Waals surface area contributed by atoms with Crippen molar-refractivity contribution in [3.05, 3.63) is 11.7 Å². The highest BCUT2D eigenvalue weighted by Gasteiger charge is 2.26. The van der Waals surface area contributed by atoms with Crippen molar-refractivity contribution in [3.63, 3.8) is 0 Å². The van der Waals surface area contributed by atoms with Crippen LogP contribution < -0.4 is 5.32 Å². The fourth-order valence-corrected chi connectivity index (χ4v) is 4.05. The second-order valence-electron chi connectivity index (χ2n) is 9.99. The van der Waals surface area contributed by atoms with Gasteiger partial charge in [0.1, 0.15) is 5.60 Å². The van der Waals surface area contributed by atoms with Gasteiger partial charge in [0.05, 0.1) is 19.5 Å². The van der Waals surface area contributed by atoms with Crippen LogP contribution in [0.4, 0.5) is 0 Å². The SMILES string of the molecule is CN(C)CC(=O)NCc1noc([C@H](CCCC2CCCCC2)CC(=O)OC(C)(C)C)n1. The molecule has 0 aromatic carbocycles. The number of hydrogen-bond acceptors (Lipinski definition) is 7. The average Bonchev–Trinajstić information content (AvgIpc) is 3.13. The van der Waals surface area contributed by atoms with E-state index in [1.165, 1.54) is 38.5 Å². The molecule has 1 atom stereocenters. The van der Waals surface area contributed by atoms with E-state index < -0.39 is 5.60 Å². The fraction of sp³-hybridized carbons (Fsp3) is 0.826. The van der Waals surface area contributed by atoms with Crippen molar-refractivity contribution in [1.82, 2.24) is 20.4 Å². The summed E-state index contributed by atoms with van der Waals surface area (Å²) in [5.41, 5.74) is -0.527. The van der Waals surface area contributed by atoms with Crippen molar-refractivity contribution in [3.8, 4) is 0 Å². The number of ether oxygens (including phenoxy) is 1. The minimum Gasteiger partial charge on any atom is -0.460 e. The Hall–Kier alpha value is -1.96. The van der Waals surface area contributed by atoms with E-state index in [4.69, 9.17) is 9.26 Å². The molecule has 1 aromatic heterocycles. The van der Waals surface area contributed by atoms with E-state index >= 15 is 0 Å². The van der Waals surface area contributed by atoms with Crippen LogP contribution in [0.2, 0.25) is 0 Å². The zero-order valence-corrected chi connectivity index (χ0v) is 19.9. The summed E-state index contributed by atoms with van der Waals surface area (Å²) < 4.78 is 11.0. The van der Waals surface area contributed by atoms with Gasteiger partial charge >= 0.3 is 5.97 Å². The number of nitrogens with zero attached hydrogens (tertiary/aromatic N) is 3. The van der Waals surface area contributed by atoms with Gasteiger partial charge in [-0.05, 0) is 47.2 Å². The van der Waals surface area contributed by atoms with E-state index in [0.717, 1.165) is 18.8 Å². The summed E-state index contributed by atoms with van der Waals surface area (Å²) in [5, 5.41) is 6.78. The highest BCUT2D eigenvalue weighted by Crippen LogP contribution is 2.31. The van der Waals surface area contributed by atoms with Gasteiger partial charge in [-0.25, -0.2) is 0 Å². The summed E-state index contributed by atoms with van der Waals surface area (Å²) in [5.74, 6) is 1.14. The minimum absolute atomic E-state index is 0.103. The molecular weight excluding hydrogens is 396 g/mol. The normalized spacial score (nSPS) is 16.3. The Balaban J connectivity index is 1.95. The number of aromatic nitrogens is 2. The number of hydrogen-bond donors (Lipinski definition) is 1. The predicted octanol–water partition coefficient (Wildman–Crippen LogP) is 3.81. The molecule has 2 rings (SSSR count). The van der Waals surface area contributed by atoms with Gasteiger partial charge in [-0.1, -0.05) is 50.1 Å². The van der Waals surface area contributed by atoms with E-state index in [1.54, 1.807) is 4.90 Å². The highest BCUT2D eigenvalue weighted by molar-refractivity contribution is 5.77. The standard InChI is InChI=1S/C23H40N4O4/c1-23(2,3)30-21(29)14-18(13-9-12-17-10-7-6-8-11-17)22-25-19(26-31-22)15-24-20(28)16-27(4)5/h17-18H,6-16H2,1-5H3,(H,24,28)/t18-/m1/s1. The maximum Gasteiger partial charge on any atom is 0.307 e. The third kappa shape index (κ3) is 10.3. The van der Waals surface area contributed by atoms with Gasteiger partial charge in [-0.15, -0.1) is 0 Å². The molecule has 176 valence electrons. The van der Waals surface area contributed by atoms with E-state index in [0.29, 0.717) is 18.3 Å². The molecular formula is C23H40N4O4. The lowest BCUT2D eigenvalue weighted by Crippen LogP contribution is -2.33. The molecule has 8 heteroatoms. The first-order valence-electron chi connectivity index (χ1n) is 11.6. The van der Waals surface area contributed by atoms with Gasteiger partial charge in [-0.2, -0.15) is 4.98 Å². The van der Waals surface area contributed by atoms with Gasteiger partial charge in [0.25, 0.3) is 0 Å². The molecule has 0 saturated heterocycles. The zero-order valence-electron chi connectivity index (χ0n) is 19.9. The van der Waals surface area contributed by atoms with Crippen LogP contribution in [0.3, 0.4) is 0 Å². The van der Waals surface area contributed by atoms with Crippen LogP contribution >= 0.6 is 0 Å². The summed E-state index contributed by atoms with van der Waals surface area (Å²) in [7, 11) is 3.67. The molecule has 1 aliphatic rings. The molecule has 1 saturated carbocycles. The molecule has 1 N–H and O–H groups in total. The first-order chi connectivity index (χ1) is 14.6. The number of esters is 1. The van der Waals surface area contributed by atoms with Crippen molar-refractivity contribution in [1.29, 1.82) is 0 Å². The molecule has 1 amide bonds. The Labute approximate surface area is 186 Å². The lowest BCUT2D eigenvalue weighted by Gasteiger charge is -2.23. The molecule has 8 nitrogen and oxygen atoms in total. The molecule has 0 bridgehead atoms. The Kier molecular flexibility index (Phi) is 9.93. The lowest BCUT2D eigenvalue weighted by atomic mass is 9.84. The smallest absolute Gasteiger partial charge is 0.307 e. The van der Waals surface area contributed by atoms with Gasteiger partial charge in [-0.3, -0.25) is 9.59 Å². The highest BCUT2D eigenvalue weighted by atomic mass is 16.6. The average molecular weight is 437 g/mol. The topological polar surface area (TPSA) is 97.6 Å². The summed E-state index contributed by atoms with van der Waals surface area (Å²) >= 11 is 0. The summed E-state index contributed by atoms with van der Waals surface area (Å²) in [6.45, 7) is 6.10. The molecule has 0 unspecified atom stereocenters. The van der Waals surface area contributed by atoms with Gasteiger partial charge < -0.3 is 19.5 Å². The fourth-order valence-electron chi connectivity index (χ4n) is 4.05. The second-order valence-corrected chi connectivity index (χ2v) is 9.99. The Morgan fingerprint density at radius 1 is 1.23 bits per heavy atom. The first kappa shape index (κ1) is 25.3. The van der Waals surface area contributed by atoms with Crippen molar-refractivity contribution in [2.24, 2.45) is 5.92 Å². The van der Waals surface area contributed by atoms with Crippen LogP contribution in [0.1, 0.15) is 96.2 Å². The molecule has 1 fully saturated rings. The minimum atomic E-state index is -0.527. The van der Waals surface area contributed by atoms with Crippen molar-refractivity contribution in [2.75, 3.05) is 20.6 Å². The molecule has 0 aliphatic heterocycles. The number of nitrogens with one attached hydrogen (secondary N) is 1. The molecule has 0 radical (unpaired) electrons. The van der Waals surface area contributed by atoms with E-state index in [-0.39, 0.29) is 30.8 Å². The van der Waals surface area contributed by atoms with E-state index in [9.17, 15) is 9.59 Å². The number of carbonyl (C=O) groups is 2. The lowest BCUT2D eigenvalue weighted by molar-refractivity contribution is -0.155. The van der Waals surface area contributed by atoms with Crippen molar-refractivity contribution < 1.29 is 18.8 Å². The van der Waals surface area contributed by atoms with E-state index in [1.807, 2.05) is 34.9 Å². The number of amides is 1. The van der Waals surface area contributed by atoms with Crippen LogP contribution in [-0.2, 0) is 20.9 Å². The first-order valence-corrected chi connectivity index (χ1v) is 11.6. The van der Waals surface area contributed by atoms with Crippen LogP contribution in [-0.4, -0.2) is 53.2 Å². The maximum atomic E-state index is 12.5. The number of rotatable bonds is 11.